The van der Waals surface area contributed by atoms with E-state index in [0.717, 1.165) is 0 Å². The van der Waals surface area contributed by atoms with Gasteiger partial charge < -0.3 is 8.82 Å². The van der Waals surface area contributed by atoms with Crippen LogP contribution in [0.4, 0.5) is 0 Å². The number of aromatic nitrogens is 2. The van der Waals surface area contributed by atoms with Gasteiger partial charge in [0.15, 0.2) is 5.65 Å². The summed E-state index contributed by atoms with van der Waals surface area (Å²) >= 11 is 18.1. The molecule has 0 atom stereocenters. The molecule has 0 aliphatic rings. The van der Waals surface area contributed by atoms with Crippen molar-refractivity contribution in [3.63, 3.8) is 0 Å². The van der Waals surface area contributed by atoms with Crippen LogP contribution in [0.15, 0.2) is 51.9 Å². The zero-order chi connectivity index (χ0) is 16.1. The van der Waals surface area contributed by atoms with Gasteiger partial charge in [-0.3, -0.25) is 0 Å². The Morgan fingerprint density at radius 3 is 2.65 bits per heavy atom. The minimum absolute atomic E-state index is 0.329. The minimum Gasteiger partial charge on any atom is -0.422 e. The molecule has 0 spiro atoms. The normalized spacial score (nSPS) is 11.4. The highest BCUT2D eigenvalue weighted by atomic mass is 35.5. The van der Waals surface area contributed by atoms with Crippen LogP contribution in [0.2, 0.25) is 15.1 Å². The van der Waals surface area contributed by atoms with E-state index in [4.69, 9.17) is 39.2 Å². The Hall–Kier alpha value is -2.01. The molecular weight excluding hydrogens is 359 g/mol. The molecule has 3 heterocycles. The SMILES string of the molecule is O=c1oc2ccc(Cl)cc2cc1-c1cn2cc(Cl)cc(Cl)c2n1. The molecule has 7 heteroatoms. The number of rotatable bonds is 1. The van der Waals surface area contributed by atoms with E-state index in [9.17, 15) is 4.79 Å². The van der Waals surface area contributed by atoms with Gasteiger partial charge in [0.25, 0.3) is 0 Å². The molecule has 4 nitrogen and oxygen atoms in total. The van der Waals surface area contributed by atoms with Gasteiger partial charge in [-0.05, 0) is 30.3 Å². The summed E-state index contributed by atoms with van der Waals surface area (Å²) in [6.45, 7) is 0. The highest BCUT2D eigenvalue weighted by Crippen LogP contribution is 2.27. The lowest BCUT2D eigenvalue weighted by Crippen LogP contribution is -2.02. The zero-order valence-electron chi connectivity index (χ0n) is 11.4. The summed E-state index contributed by atoms with van der Waals surface area (Å²) in [6, 6.07) is 8.34. The van der Waals surface area contributed by atoms with Gasteiger partial charge in [-0.2, -0.15) is 0 Å². The first-order valence-electron chi connectivity index (χ1n) is 6.59. The predicted octanol–water partition coefficient (Wildman–Crippen LogP) is 5.07. The van der Waals surface area contributed by atoms with Gasteiger partial charge in [-0.25, -0.2) is 9.78 Å². The van der Waals surface area contributed by atoms with E-state index >= 15 is 0 Å². The lowest BCUT2D eigenvalue weighted by Gasteiger charge is -2.00. The molecule has 4 rings (SSSR count). The Morgan fingerprint density at radius 2 is 1.83 bits per heavy atom. The highest BCUT2D eigenvalue weighted by Gasteiger charge is 2.13. The lowest BCUT2D eigenvalue weighted by molar-refractivity contribution is 0.563. The van der Waals surface area contributed by atoms with Gasteiger partial charge >= 0.3 is 5.63 Å². The predicted molar refractivity (Wildman–Crippen MR) is 91.7 cm³/mol. The Labute approximate surface area is 144 Å². The van der Waals surface area contributed by atoms with Gasteiger partial charge in [0.05, 0.1) is 21.3 Å². The topological polar surface area (TPSA) is 47.5 Å². The van der Waals surface area contributed by atoms with Crippen molar-refractivity contribution < 1.29 is 4.42 Å². The third-order valence-corrected chi connectivity index (χ3v) is 4.16. The Morgan fingerprint density at radius 1 is 1.00 bits per heavy atom. The minimum atomic E-state index is -0.481. The summed E-state index contributed by atoms with van der Waals surface area (Å²) in [4.78, 5) is 16.6. The van der Waals surface area contributed by atoms with Crippen molar-refractivity contribution in [2.24, 2.45) is 0 Å². The first-order chi connectivity index (χ1) is 11.0. The van der Waals surface area contributed by atoms with Crippen LogP contribution in [0.5, 0.6) is 0 Å². The van der Waals surface area contributed by atoms with Crippen molar-refractivity contribution >= 4 is 51.4 Å². The van der Waals surface area contributed by atoms with Gasteiger partial charge in [-0.15, -0.1) is 0 Å². The summed E-state index contributed by atoms with van der Waals surface area (Å²) in [7, 11) is 0. The Kier molecular flexibility index (Phi) is 3.34. The summed E-state index contributed by atoms with van der Waals surface area (Å²) in [5.74, 6) is 0. The number of fused-ring (bicyclic) bond motifs is 2. The van der Waals surface area contributed by atoms with Crippen molar-refractivity contribution in [2.45, 2.75) is 0 Å². The summed E-state index contributed by atoms with van der Waals surface area (Å²) in [6.07, 6.45) is 3.34. The van der Waals surface area contributed by atoms with Gasteiger partial charge in [0, 0.05) is 22.8 Å². The first kappa shape index (κ1) is 14.6. The molecule has 0 aliphatic carbocycles. The number of halogens is 3. The lowest BCUT2D eigenvalue weighted by atomic mass is 10.1. The molecule has 0 amide bonds. The van der Waals surface area contributed by atoms with E-state index in [-0.39, 0.29) is 0 Å². The third-order valence-electron chi connectivity index (χ3n) is 3.44. The number of hydrogen-bond donors (Lipinski definition) is 0. The Balaban J connectivity index is 2.00. The van der Waals surface area contributed by atoms with Crippen LogP contribution >= 0.6 is 34.8 Å². The summed E-state index contributed by atoms with van der Waals surface area (Å²) in [5.41, 5.74) is 1.27. The molecule has 0 radical (unpaired) electrons. The molecule has 3 aromatic heterocycles. The molecule has 0 aliphatic heterocycles. The fourth-order valence-corrected chi connectivity index (χ4v) is 3.14. The van der Waals surface area contributed by atoms with Gasteiger partial charge in [-0.1, -0.05) is 34.8 Å². The molecule has 23 heavy (non-hydrogen) atoms. The zero-order valence-corrected chi connectivity index (χ0v) is 13.7. The molecule has 0 bridgehead atoms. The number of hydrogen-bond acceptors (Lipinski definition) is 3. The maximum Gasteiger partial charge on any atom is 0.345 e. The van der Waals surface area contributed by atoms with E-state index in [2.05, 4.69) is 4.98 Å². The van der Waals surface area contributed by atoms with E-state index in [1.807, 2.05) is 0 Å². The van der Waals surface area contributed by atoms with Crippen molar-refractivity contribution in [2.75, 3.05) is 0 Å². The fourth-order valence-electron chi connectivity index (χ4n) is 2.43. The van der Waals surface area contributed by atoms with Crippen LogP contribution in [0.25, 0.3) is 27.9 Å². The molecule has 0 N–H and O–H groups in total. The number of nitrogens with zero attached hydrogens (tertiary/aromatic N) is 2. The molecule has 0 fully saturated rings. The van der Waals surface area contributed by atoms with Crippen molar-refractivity contribution in [1.29, 1.82) is 0 Å². The average molecular weight is 366 g/mol. The molecule has 0 unspecified atom stereocenters. The maximum atomic E-state index is 12.2. The molecular formula is C16H7Cl3N2O2. The standard InChI is InChI=1S/C16H7Cl3N2O2/c17-9-1-2-14-8(3-9)4-11(16(22)23-14)13-7-21-6-10(18)5-12(19)15(21)20-13/h1-7H. The third kappa shape index (κ3) is 2.49. The Bertz CT molecular complexity index is 1130. The average Bonchev–Trinajstić information content (AvgIpc) is 2.91. The number of pyridine rings is 1. The monoisotopic (exact) mass is 364 g/mol. The molecule has 0 saturated heterocycles. The first-order valence-corrected chi connectivity index (χ1v) is 7.72. The van der Waals surface area contributed by atoms with E-state index in [1.165, 1.54) is 0 Å². The van der Waals surface area contributed by atoms with E-state index < -0.39 is 5.63 Å². The second-order valence-corrected chi connectivity index (χ2v) is 6.27. The van der Waals surface area contributed by atoms with Gasteiger partial charge in [0.1, 0.15) is 5.58 Å². The summed E-state index contributed by atoms with van der Waals surface area (Å²) in [5, 5.41) is 2.15. The smallest absolute Gasteiger partial charge is 0.345 e. The van der Waals surface area contributed by atoms with Crippen LogP contribution in [0.3, 0.4) is 0 Å². The second-order valence-electron chi connectivity index (χ2n) is 4.99. The summed E-state index contributed by atoms with van der Waals surface area (Å²) < 4.78 is 7.00. The quantitative estimate of drug-likeness (QED) is 0.443. The largest absolute Gasteiger partial charge is 0.422 e. The van der Waals surface area contributed by atoms with Crippen LogP contribution < -0.4 is 5.63 Å². The van der Waals surface area contributed by atoms with Crippen molar-refractivity contribution in [3.05, 3.63) is 68.2 Å². The molecule has 1 aromatic carbocycles. The van der Waals surface area contributed by atoms with Crippen LogP contribution in [0, 0.1) is 0 Å². The maximum absolute atomic E-state index is 12.2. The van der Waals surface area contributed by atoms with Crippen LogP contribution in [-0.2, 0) is 0 Å². The second kappa shape index (κ2) is 5.27. The molecule has 0 saturated carbocycles. The number of benzene rings is 1. The van der Waals surface area contributed by atoms with Crippen LogP contribution in [0.1, 0.15) is 0 Å². The molecule has 4 aromatic rings. The van der Waals surface area contributed by atoms with Gasteiger partial charge in [0.2, 0.25) is 0 Å². The molecule has 114 valence electrons. The fraction of sp³-hybridized carbons (Fsp3) is 0. The van der Waals surface area contributed by atoms with E-state index in [1.54, 1.807) is 47.1 Å². The number of imidazole rings is 1. The van der Waals surface area contributed by atoms with Crippen molar-refractivity contribution in [3.8, 4) is 11.3 Å². The highest BCUT2D eigenvalue weighted by molar-refractivity contribution is 6.36. The van der Waals surface area contributed by atoms with Crippen molar-refractivity contribution in [1.82, 2.24) is 9.38 Å². The van der Waals surface area contributed by atoms with Crippen LogP contribution in [-0.4, -0.2) is 9.38 Å². The van der Waals surface area contributed by atoms with E-state index in [0.29, 0.717) is 42.9 Å².